The third kappa shape index (κ3) is 11.5. The Labute approximate surface area is 283 Å². The summed E-state index contributed by atoms with van der Waals surface area (Å²) in [5, 5.41) is 0. The van der Waals surface area contributed by atoms with Crippen LogP contribution in [0.3, 0.4) is 0 Å². The van der Waals surface area contributed by atoms with Gasteiger partial charge in [0.15, 0.2) is 23.0 Å². The van der Waals surface area contributed by atoms with Crippen molar-refractivity contribution in [2.24, 2.45) is 0 Å². The van der Waals surface area contributed by atoms with Gasteiger partial charge in [0.05, 0.1) is 38.6 Å². The fourth-order valence-corrected chi connectivity index (χ4v) is 5.92. The van der Waals surface area contributed by atoms with Gasteiger partial charge in [0.25, 0.3) is 0 Å². The Bertz CT molecular complexity index is 2010. The van der Waals surface area contributed by atoms with Crippen molar-refractivity contribution in [3.8, 4) is 56.8 Å². The summed E-state index contributed by atoms with van der Waals surface area (Å²) in [6.07, 6.45) is 8.41. The van der Waals surface area contributed by atoms with Crippen molar-refractivity contribution in [2.45, 2.75) is 33.6 Å². The maximum Gasteiger partial charge on any atom is 0.306 e. The molecule has 12 nitrogen and oxygen atoms in total. The van der Waals surface area contributed by atoms with E-state index >= 15 is 0 Å². The predicted octanol–water partition coefficient (Wildman–Crippen LogP) is 6.12. The van der Waals surface area contributed by atoms with Crippen LogP contribution in [0.25, 0.3) is 22.3 Å². The number of ether oxygens (including phenoxy) is 3. The van der Waals surface area contributed by atoms with Gasteiger partial charge in [0, 0.05) is 5.56 Å². The van der Waals surface area contributed by atoms with Crippen molar-refractivity contribution in [2.75, 3.05) is 39.6 Å². The van der Waals surface area contributed by atoms with Gasteiger partial charge in [0.2, 0.25) is 0 Å². The molecule has 3 aromatic carbocycles. The Morgan fingerprint density at radius 1 is 0.646 bits per heavy atom. The molecular weight excluding hydrogens is 685 g/mol. The monoisotopic (exact) mass is 724 g/mol. The van der Waals surface area contributed by atoms with Gasteiger partial charge in [-0.3, -0.25) is 0 Å². The molecule has 0 radical (unpaired) electrons. The van der Waals surface area contributed by atoms with E-state index in [4.69, 9.17) is 26.8 Å². The van der Waals surface area contributed by atoms with Gasteiger partial charge < -0.3 is 26.8 Å². The lowest BCUT2D eigenvalue weighted by Gasteiger charge is -2.21. The summed E-state index contributed by atoms with van der Waals surface area (Å²) in [6.45, 7) is 6.18. The molecule has 0 amide bonds. The van der Waals surface area contributed by atoms with Crippen LogP contribution in [0, 0.1) is 0 Å². The first-order chi connectivity index (χ1) is 22.3. The van der Waals surface area contributed by atoms with Crippen LogP contribution in [-0.2, 0) is 30.4 Å². The molecule has 0 spiro atoms. The fraction of sp³-hybridized carbons (Fsp3) is 0.333. The lowest BCUT2D eigenvalue weighted by Crippen LogP contribution is -2.10. The van der Waals surface area contributed by atoms with Crippen LogP contribution >= 0.6 is 0 Å². The predicted molar refractivity (Wildman–Crippen MR) is 185 cm³/mol. The van der Waals surface area contributed by atoms with Gasteiger partial charge in [-0.05, 0) is 81.1 Å². The van der Waals surface area contributed by atoms with E-state index in [0.29, 0.717) is 11.1 Å². The van der Waals surface area contributed by atoms with Crippen LogP contribution in [-0.4, -0.2) is 64.8 Å². The maximum atomic E-state index is 12.5. The second-order valence-electron chi connectivity index (χ2n) is 11.1. The number of hydrogen-bond donors (Lipinski definition) is 0. The van der Waals surface area contributed by atoms with Crippen LogP contribution in [0.2, 0.25) is 0 Å². The minimum Gasteiger partial charge on any atom is -0.496 e. The van der Waals surface area contributed by atoms with Gasteiger partial charge in [-0.25, -0.2) is 0 Å². The average Bonchev–Trinajstić information content (AvgIpc) is 2.95. The average molecular weight is 725 g/mol. The van der Waals surface area contributed by atoms with Gasteiger partial charge in [0.1, 0.15) is 18.1 Å². The molecular formula is C33H40O12S3. The third-order valence-corrected chi connectivity index (χ3v) is 7.95. The van der Waals surface area contributed by atoms with E-state index in [-0.39, 0.29) is 52.2 Å². The number of benzene rings is 3. The molecule has 48 heavy (non-hydrogen) atoms. The standard InChI is InChI=1S/C33H40O12S3/c1-22(2)10-9-11-23(3)18-19-42-28-17-14-25(20-29(28)44-47(7,36)37)31-30(40-4)21-27(32(41-5)33(31)45-48(8,38)39)24-12-15-26(16-13-24)43-46(6,34)35/h10,12-18,20-21H,9,11,19H2,1-8H3/b23-18+. The molecule has 3 rings (SSSR count). The molecule has 0 unspecified atom stereocenters. The molecule has 15 heteroatoms. The molecule has 0 aliphatic carbocycles. The molecule has 0 fully saturated rings. The zero-order valence-corrected chi connectivity index (χ0v) is 30.5. The van der Waals surface area contributed by atoms with Crippen molar-refractivity contribution < 1.29 is 52.0 Å². The lowest BCUT2D eigenvalue weighted by molar-refractivity contribution is 0.347. The molecule has 3 aromatic rings. The summed E-state index contributed by atoms with van der Waals surface area (Å²) in [5.74, 6) is -0.0850. The molecule has 0 heterocycles. The Hall–Kier alpha value is -4.21. The van der Waals surface area contributed by atoms with Gasteiger partial charge in [-0.1, -0.05) is 35.4 Å². The van der Waals surface area contributed by atoms with Crippen LogP contribution in [0.15, 0.2) is 71.8 Å². The van der Waals surface area contributed by atoms with Crippen LogP contribution < -0.4 is 26.8 Å². The highest BCUT2D eigenvalue weighted by Gasteiger charge is 2.27. The van der Waals surface area contributed by atoms with Crippen molar-refractivity contribution >= 4 is 30.4 Å². The summed E-state index contributed by atoms with van der Waals surface area (Å²) < 4.78 is 106. The first-order valence-electron chi connectivity index (χ1n) is 14.4. The van der Waals surface area contributed by atoms with E-state index < -0.39 is 30.4 Å². The van der Waals surface area contributed by atoms with Gasteiger partial charge in [-0.15, -0.1) is 0 Å². The summed E-state index contributed by atoms with van der Waals surface area (Å²) >= 11 is 0. The second kappa shape index (κ2) is 15.8. The molecule has 0 saturated carbocycles. The molecule has 0 aromatic heterocycles. The SMILES string of the molecule is COc1cc(-c2ccc(OS(C)(=O)=O)cc2)c(OC)c(OS(C)(=O)=O)c1-c1ccc(OC/C=C(\C)CCC=C(C)C)c(OS(C)(=O)=O)c1. The Morgan fingerprint density at radius 3 is 1.79 bits per heavy atom. The summed E-state index contributed by atoms with van der Waals surface area (Å²) in [6, 6.07) is 11.9. The van der Waals surface area contributed by atoms with E-state index in [2.05, 4.69) is 6.08 Å². The first kappa shape index (κ1) is 38.2. The summed E-state index contributed by atoms with van der Waals surface area (Å²) in [5.41, 5.74) is 3.50. The Kier molecular flexibility index (Phi) is 12.6. The Balaban J connectivity index is 2.18. The summed E-state index contributed by atoms with van der Waals surface area (Å²) in [7, 11) is -9.26. The van der Waals surface area contributed by atoms with Crippen molar-refractivity contribution in [3.05, 3.63) is 71.8 Å². The highest BCUT2D eigenvalue weighted by atomic mass is 32.2. The number of methoxy groups -OCH3 is 2. The molecule has 262 valence electrons. The van der Waals surface area contributed by atoms with E-state index in [1.807, 2.05) is 26.8 Å². The molecule has 0 N–H and O–H groups in total. The minimum absolute atomic E-state index is 0.00682. The molecule has 0 aliphatic heterocycles. The smallest absolute Gasteiger partial charge is 0.306 e. The molecule has 0 saturated heterocycles. The zero-order valence-electron chi connectivity index (χ0n) is 28.0. The van der Waals surface area contributed by atoms with E-state index in [0.717, 1.165) is 37.2 Å². The van der Waals surface area contributed by atoms with Crippen molar-refractivity contribution in [3.63, 3.8) is 0 Å². The maximum absolute atomic E-state index is 12.5. The van der Waals surface area contributed by atoms with Gasteiger partial charge >= 0.3 is 30.4 Å². The lowest BCUT2D eigenvalue weighted by atomic mass is 9.96. The molecule has 0 bridgehead atoms. The fourth-order valence-electron chi connectivity index (χ4n) is 4.54. The second-order valence-corrected chi connectivity index (χ2v) is 15.8. The van der Waals surface area contributed by atoms with E-state index in [1.54, 1.807) is 24.3 Å². The van der Waals surface area contributed by atoms with Gasteiger partial charge in [-0.2, -0.15) is 25.3 Å². The highest BCUT2D eigenvalue weighted by molar-refractivity contribution is 7.86. The zero-order chi connectivity index (χ0) is 35.9. The molecule has 0 aliphatic rings. The number of hydrogen-bond acceptors (Lipinski definition) is 12. The van der Waals surface area contributed by atoms with E-state index in [1.165, 1.54) is 44.1 Å². The topological polar surface area (TPSA) is 158 Å². The Morgan fingerprint density at radius 2 is 1.25 bits per heavy atom. The van der Waals surface area contributed by atoms with Crippen molar-refractivity contribution in [1.29, 1.82) is 0 Å². The summed E-state index contributed by atoms with van der Waals surface area (Å²) in [4.78, 5) is 0. The first-order valence-corrected chi connectivity index (χ1v) is 19.9. The van der Waals surface area contributed by atoms with Crippen molar-refractivity contribution in [1.82, 2.24) is 0 Å². The van der Waals surface area contributed by atoms with E-state index in [9.17, 15) is 25.3 Å². The minimum atomic E-state index is -4.15. The largest absolute Gasteiger partial charge is 0.496 e. The highest BCUT2D eigenvalue weighted by Crippen LogP contribution is 2.51. The van der Waals surface area contributed by atoms with Crippen LogP contribution in [0.1, 0.15) is 33.6 Å². The quantitative estimate of drug-likeness (QED) is 0.123. The van der Waals surface area contributed by atoms with Crippen LogP contribution in [0.4, 0.5) is 0 Å². The third-order valence-electron chi connectivity index (χ3n) is 6.51. The molecule has 0 atom stereocenters. The number of rotatable bonds is 16. The normalized spacial score (nSPS) is 12.2. The number of allylic oxidation sites excluding steroid dienone is 3. The van der Waals surface area contributed by atoms with Crippen LogP contribution in [0.5, 0.6) is 34.5 Å².